The van der Waals surface area contributed by atoms with Crippen LogP contribution in [0.25, 0.3) is 0 Å². The highest BCUT2D eigenvalue weighted by atomic mass is 32.2. The lowest BCUT2D eigenvalue weighted by Gasteiger charge is -2.29. The molecule has 0 radical (unpaired) electrons. The summed E-state index contributed by atoms with van der Waals surface area (Å²) in [6, 6.07) is 12.9. The Hall–Kier alpha value is -3.47. The molecule has 2 aromatic rings. The standard InChI is InChI=1S/C27H38N2O8S/c1-26(2,3)23(35-24(31)28-17-15-19-7-11-21(30)12-8-19)38(33,34)37-22-13-9-20(10-14-22)16-18-29-25(32)36-27(4,5)6/h7-14,23,30H,15-18H2,1-6H3,(H,28,31)(H,29,32). The maximum absolute atomic E-state index is 13.0. The molecule has 0 aromatic heterocycles. The molecule has 2 amide bonds. The molecule has 2 rings (SSSR count). The second kappa shape index (κ2) is 12.9. The van der Waals surface area contributed by atoms with Crippen molar-refractivity contribution in [2.75, 3.05) is 13.1 Å². The van der Waals surface area contributed by atoms with Gasteiger partial charge in [-0.25, -0.2) is 9.59 Å². The van der Waals surface area contributed by atoms with Gasteiger partial charge in [0.25, 0.3) is 0 Å². The zero-order valence-corrected chi connectivity index (χ0v) is 23.6. The predicted octanol–water partition coefficient (Wildman–Crippen LogP) is 4.51. The molecule has 0 saturated heterocycles. The summed E-state index contributed by atoms with van der Waals surface area (Å²) in [5, 5.41) is 14.6. The van der Waals surface area contributed by atoms with Gasteiger partial charge < -0.3 is 29.4 Å². The molecule has 0 aliphatic carbocycles. The monoisotopic (exact) mass is 550 g/mol. The number of hydrogen-bond acceptors (Lipinski definition) is 8. The molecule has 11 heteroatoms. The van der Waals surface area contributed by atoms with E-state index in [1.54, 1.807) is 77.9 Å². The lowest BCUT2D eigenvalue weighted by molar-refractivity contribution is 0.0528. The minimum Gasteiger partial charge on any atom is -0.508 e. The van der Waals surface area contributed by atoms with E-state index in [4.69, 9.17) is 13.7 Å². The van der Waals surface area contributed by atoms with E-state index in [2.05, 4.69) is 10.6 Å². The van der Waals surface area contributed by atoms with Crippen molar-refractivity contribution in [3.63, 3.8) is 0 Å². The molecule has 1 atom stereocenters. The number of phenols is 1. The van der Waals surface area contributed by atoms with Crippen LogP contribution in [0.3, 0.4) is 0 Å². The minimum atomic E-state index is -4.35. The maximum Gasteiger partial charge on any atom is 0.408 e. The molecular weight excluding hydrogens is 512 g/mol. The predicted molar refractivity (Wildman–Crippen MR) is 143 cm³/mol. The highest BCUT2D eigenvalue weighted by Crippen LogP contribution is 2.29. The molecule has 0 bridgehead atoms. The molecule has 3 N–H and O–H groups in total. The van der Waals surface area contributed by atoms with E-state index >= 15 is 0 Å². The Kier molecular flexibility index (Phi) is 10.4. The summed E-state index contributed by atoms with van der Waals surface area (Å²) in [7, 11) is -4.35. The molecule has 1 unspecified atom stereocenters. The van der Waals surface area contributed by atoms with Crippen LogP contribution in [-0.2, 0) is 32.4 Å². The Morgan fingerprint density at radius 3 is 1.76 bits per heavy atom. The van der Waals surface area contributed by atoms with Gasteiger partial charge in [-0.15, -0.1) is 0 Å². The first kappa shape index (κ1) is 30.8. The number of aromatic hydroxyl groups is 1. The van der Waals surface area contributed by atoms with Crippen LogP contribution in [0.4, 0.5) is 9.59 Å². The number of nitrogens with one attached hydrogen (secondary N) is 2. The number of ether oxygens (including phenoxy) is 2. The Bertz CT molecular complexity index is 1170. The van der Waals surface area contributed by atoms with E-state index in [1.807, 2.05) is 0 Å². The van der Waals surface area contributed by atoms with Gasteiger partial charge in [0.2, 0.25) is 5.44 Å². The number of rotatable bonds is 10. The molecule has 2 aromatic carbocycles. The molecule has 0 aliphatic rings. The first-order valence-electron chi connectivity index (χ1n) is 12.3. The third-order valence-electron chi connectivity index (χ3n) is 5.02. The van der Waals surface area contributed by atoms with E-state index in [0.29, 0.717) is 19.4 Å². The van der Waals surface area contributed by atoms with Gasteiger partial charge in [0, 0.05) is 18.5 Å². The van der Waals surface area contributed by atoms with E-state index in [0.717, 1.165) is 11.1 Å². The maximum atomic E-state index is 13.0. The van der Waals surface area contributed by atoms with Gasteiger partial charge in [-0.05, 0) is 69.0 Å². The largest absolute Gasteiger partial charge is 0.508 e. The van der Waals surface area contributed by atoms with Gasteiger partial charge >= 0.3 is 22.3 Å². The van der Waals surface area contributed by atoms with Crippen molar-refractivity contribution in [2.24, 2.45) is 5.41 Å². The normalized spacial score (nSPS) is 12.8. The molecular formula is C27H38N2O8S. The van der Waals surface area contributed by atoms with Crippen molar-refractivity contribution in [1.82, 2.24) is 10.6 Å². The first-order valence-corrected chi connectivity index (χ1v) is 13.7. The van der Waals surface area contributed by atoms with Crippen LogP contribution in [0.1, 0.15) is 52.7 Å². The van der Waals surface area contributed by atoms with Crippen molar-refractivity contribution in [3.05, 3.63) is 59.7 Å². The van der Waals surface area contributed by atoms with Crippen molar-refractivity contribution in [2.45, 2.75) is 65.4 Å². The third-order valence-corrected chi connectivity index (χ3v) is 6.77. The third kappa shape index (κ3) is 10.9. The molecule has 0 aliphatic heterocycles. The first-order chi connectivity index (χ1) is 17.5. The number of benzene rings is 2. The Morgan fingerprint density at radius 1 is 0.816 bits per heavy atom. The molecule has 0 heterocycles. The summed E-state index contributed by atoms with van der Waals surface area (Å²) in [5.74, 6) is 0.212. The smallest absolute Gasteiger partial charge is 0.408 e. The Labute approximate surface area is 224 Å². The fourth-order valence-corrected chi connectivity index (χ4v) is 4.83. The second-order valence-electron chi connectivity index (χ2n) is 10.8. The number of carbonyl (C=O) groups is 2. The van der Waals surface area contributed by atoms with Gasteiger partial charge in [-0.3, -0.25) is 0 Å². The van der Waals surface area contributed by atoms with E-state index in [-0.39, 0.29) is 18.0 Å². The van der Waals surface area contributed by atoms with E-state index < -0.39 is 38.8 Å². The van der Waals surface area contributed by atoms with Gasteiger partial charge in [-0.2, -0.15) is 8.42 Å². The molecule has 10 nitrogen and oxygen atoms in total. The number of alkyl carbamates (subject to hydrolysis) is 2. The lowest BCUT2D eigenvalue weighted by Crippen LogP contribution is -2.43. The number of hydrogen-bond donors (Lipinski definition) is 3. The highest BCUT2D eigenvalue weighted by Gasteiger charge is 2.41. The van der Waals surface area contributed by atoms with Gasteiger partial charge in [-0.1, -0.05) is 45.0 Å². The fraction of sp³-hybridized carbons (Fsp3) is 0.481. The topological polar surface area (TPSA) is 140 Å². The average molecular weight is 551 g/mol. The van der Waals surface area contributed by atoms with Gasteiger partial charge in [0.05, 0.1) is 0 Å². The Morgan fingerprint density at radius 2 is 1.29 bits per heavy atom. The lowest BCUT2D eigenvalue weighted by atomic mass is 9.98. The van der Waals surface area contributed by atoms with Crippen molar-refractivity contribution < 1.29 is 36.8 Å². The van der Waals surface area contributed by atoms with Crippen LogP contribution in [0.15, 0.2) is 48.5 Å². The van der Waals surface area contributed by atoms with Gasteiger partial charge in [0.15, 0.2) is 0 Å². The molecule has 38 heavy (non-hydrogen) atoms. The summed E-state index contributed by atoms with van der Waals surface area (Å²) in [5.41, 5.74) is -1.39. The van der Waals surface area contributed by atoms with Crippen LogP contribution in [0.2, 0.25) is 0 Å². The molecule has 0 fully saturated rings. The van der Waals surface area contributed by atoms with E-state index in [1.165, 1.54) is 12.1 Å². The van der Waals surface area contributed by atoms with Crippen molar-refractivity contribution >= 4 is 22.3 Å². The number of amides is 2. The van der Waals surface area contributed by atoms with Crippen LogP contribution in [0, 0.1) is 5.41 Å². The Balaban J connectivity index is 1.92. The zero-order chi connectivity index (χ0) is 28.6. The van der Waals surface area contributed by atoms with Crippen molar-refractivity contribution in [3.8, 4) is 11.5 Å². The molecule has 0 spiro atoms. The van der Waals surface area contributed by atoms with Crippen LogP contribution in [-0.4, -0.2) is 49.8 Å². The number of phenolic OH excluding ortho intramolecular Hbond substituents is 1. The van der Waals surface area contributed by atoms with Gasteiger partial charge in [0.1, 0.15) is 17.1 Å². The molecule has 210 valence electrons. The average Bonchev–Trinajstić information content (AvgIpc) is 2.78. The van der Waals surface area contributed by atoms with Crippen LogP contribution in [0.5, 0.6) is 11.5 Å². The summed E-state index contributed by atoms with van der Waals surface area (Å²) < 4.78 is 41.8. The SMILES string of the molecule is CC(C)(C)OC(=O)NCCc1ccc(OS(=O)(=O)C(OC(=O)NCCc2ccc(O)cc2)C(C)(C)C)cc1. The van der Waals surface area contributed by atoms with Crippen LogP contribution >= 0.6 is 0 Å². The minimum absolute atomic E-state index is 0.0689. The quantitative estimate of drug-likeness (QED) is 0.367. The fourth-order valence-electron chi connectivity index (χ4n) is 3.29. The molecule has 0 saturated carbocycles. The summed E-state index contributed by atoms with van der Waals surface area (Å²) >= 11 is 0. The highest BCUT2D eigenvalue weighted by molar-refractivity contribution is 7.87. The zero-order valence-electron chi connectivity index (χ0n) is 22.7. The van der Waals surface area contributed by atoms with Crippen LogP contribution < -0.4 is 14.8 Å². The second-order valence-corrected chi connectivity index (χ2v) is 12.4. The van der Waals surface area contributed by atoms with E-state index in [9.17, 15) is 23.1 Å². The van der Waals surface area contributed by atoms with Crippen molar-refractivity contribution in [1.29, 1.82) is 0 Å². The number of carbonyl (C=O) groups excluding carboxylic acids is 2. The summed E-state index contributed by atoms with van der Waals surface area (Å²) in [6.45, 7) is 10.8. The summed E-state index contributed by atoms with van der Waals surface area (Å²) in [6.07, 6.45) is -0.423. The summed E-state index contributed by atoms with van der Waals surface area (Å²) in [4.78, 5) is 24.1.